The number of aliphatic hydroxyl groups excluding tert-OH is 2. The number of fused-ring (bicyclic) bond motifs is 4. The van der Waals surface area contributed by atoms with Crippen LogP contribution in [0.25, 0.3) is 10.9 Å². The number of hydrogen-bond donors (Lipinski definition) is 3. The Hall–Kier alpha value is -2.31. The van der Waals surface area contributed by atoms with E-state index in [0.29, 0.717) is 5.02 Å². The van der Waals surface area contributed by atoms with Gasteiger partial charge in [-0.25, -0.2) is 0 Å². The number of rotatable bonds is 0. The van der Waals surface area contributed by atoms with Crippen molar-refractivity contribution in [3.05, 3.63) is 45.8 Å². The van der Waals surface area contributed by atoms with Crippen LogP contribution >= 0.6 is 11.6 Å². The first-order valence-corrected chi connectivity index (χ1v) is 9.30. The van der Waals surface area contributed by atoms with Crippen molar-refractivity contribution in [3.63, 3.8) is 0 Å². The number of aromatic amines is 1. The van der Waals surface area contributed by atoms with Crippen molar-refractivity contribution in [1.29, 1.82) is 0 Å². The summed E-state index contributed by atoms with van der Waals surface area (Å²) in [5, 5.41) is 22.5. The average Bonchev–Trinajstić information content (AvgIpc) is 3.16. The van der Waals surface area contributed by atoms with Gasteiger partial charge in [0, 0.05) is 39.5 Å². The normalized spacial score (nSPS) is 32.9. The van der Waals surface area contributed by atoms with Crippen LogP contribution in [0.15, 0.2) is 29.7 Å². The molecule has 0 spiro atoms. The molecule has 0 saturated carbocycles. The highest BCUT2D eigenvalue weighted by Gasteiger charge is 2.66. The number of nitrogens with one attached hydrogen (secondary N) is 1. The van der Waals surface area contributed by atoms with Crippen LogP contribution < -0.4 is 0 Å². The van der Waals surface area contributed by atoms with E-state index in [0.717, 1.165) is 22.0 Å². The summed E-state index contributed by atoms with van der Waals surface area (Å²) in [6, 6.07) is 2.82. The second kappa shape index (κ2) is 4.94. The third kappa shape index (κ3) is 1.80. The van der Waals surface area contributed by atoms with Gasteiger partial charge in [0.2, 0.25) is 0 Å². The SMILES string of the molecule is C/C(O)=C1\C(=O)[C@@H]2[C@H]3c4c[nH]c5cc(Cl)cc(c45)[C@@H](O)[C@H]3C(C)(C)N2C1=O. The number of hydrogen-bond acceptors (Lipinski definition) is 4. The molecule has 2 aromatic rings. The lowest BCUT2D eigenvalue weighted by Gasteiger charge is -2.40. The molecule has 7 heteroatoms. The maximum Gasteiger partial charge on any atom is 0.262 e. The van der Waals surface area contributed by atoms with Crippen molar-refractivity contribution in [3.8, 4) is 0 Å². The summed E-state index contributed by atoms with van der Waals surface area (Å²) in [6.07, 6.45) is 0.988. The summed E-state index contributed by atoms with van der Waals surface area (Å²) >= 11 is 6.23. The number of carbonyl (C=O) groups excluding carboxylic acids is 2. The Morgan fingerprint density at radius 2 is 1.96 bits per heavy atom. The van der Waals surface area contributed by atoms with Gasteiger partial charge in [-0.05, 0) is 44.0 Å². The zero-order chi connectivity index (χ0) is 19.4. The van der Waals surface area contributed by atoms with Gasteiger partial charge in [0.1, 0.15) is 17.4 Å². The number of halogens is 1. The number of H-pyrrole nitrogens is 1. The highest BCUT2D eigenvalue weighted by molar-refractivity contribution is 6.31. The van der Waals surface area contributed by atoms with Gasteiger partial charge in [-0.15, -0.1) is 0 Å². The van der Waals surface area contributed by atoms with E-state index in [9.17, 15) is 19.8 Å². The number of ketones is 1. The molecule has 140 valence electrons. The van der Waals surface area contributed by atoms with Gasteiger partial charge in [-0.3, -0.25) is 9.59 Å². The van der Waals surface area contributed by atoms with Crippen LogP contribution in [0.2, 0.25) is 5.02 Å². The van der Waals surface area contributed by atoms with Gasteiger partial charge < -0.3 is 20.1 Å². The Morgan fingerprint density at radius 1 is 1.26 bits per heavy atom. The summed E-state index contributed by atoms with van der Waals surface area (Å²) in [5.74, 6) is -1.81. The van der Waals surface area contributed by atoms with Gasteiger partial charge in [-0.2, -0.15) is 0 Å². The Bertz CT molecular complexity index is 1080. The number of aromatic nitrogens is 1. The number of amides is 1. The molecule has 4 atom stereocenters. The van der Waals surface area contributed by atoms with Gasteiger partial charge in [0.25, 0.3) is 5.91 Å². The molecule has 2 saturated heterocycles. The Morgan fingerprint density at radius 3 is 2.63 bits per heavy atom. The molecule has 27 heavy (non-hydrogen) atoms. The predicted octanol–water partition coefficient (Wildman–Crippen LogP) is 2.97. The number of allylic oxidation sites excluding steroid dienone is 1. The Labute approximate surface area is 160 Å². The van der Waals surface area contributed by atoms with Crippen molar-refractivity contribution in [2.45, 2.75) is 44.4 Å². The van der Waals surface area contributed by atoms with E-state index in [1.807, 2.05) is 20.0 Å². The molecular formula is C20H19ClN2O4. The van der Waals surface area contributed by atoms with Crippen LogP contribution in [0.3, 0.4) is 0 Å². The van der Waals surface area contributed by atoms with E-state index in [-0.39, 0.29) is 29.0 Å². The van der Waals surface area contributed by atoms with Gasteiger partial charge in [-0.1, -0.05) is 11.6 Å². The average molecular weight is 387 g/mol. The lowest BCUT2D eigenvalue weighted by atomic mass is 9.67. The van der Waals surface area contributed by atoms with E-state index >= 15 is 0 Å². The highest BCUT2D eigenvalue weighted by atomic mass is 35.5. The minimum atomic E-state index is -0.858. The molecule has 5 rings (SSSR count). The highest BCUT2D eigenvalue weighted by Crippen LogP contribution is 2.60. The fourth-order valence-electron chi connectivity index (χ4n) is 5.62. The molecule has 2 fully saturated rings. The molecule has 0 unspecified atom stereocenters. The molecule has 0 radical (unpaired) electrons. The number of aliphatic hydroxyl groups is 2. The zero-order valence-corrected chi connectivity index (χ0v) is 15.8. The van der Waals surface area contributed by atoms with Crippen LogP contribution in [0.1, 0.15) is 43.9 Å². The topological polar surface area (TPSA) is 93.6 Å². The van der Waals surface area contributed by atoms with Crippen molar-refractivity contribution in [1.82, 2.24) is 9.88 Å². The van der Waals surface area contributed by atoms with E-state index in [1.54, 1.807) is 17.0 Å². The standard InChI is InChI=1S/C20H19ClN2O4/c1-7(24)12-18(26)16-14-10-6-22-11-5-8(21)4-9(13(10)11)17(25)15(14)20(2,3)23(16)19(12)27/h4-6,14-17,22,24-25H,1-3H3/b12-7-/t14-,15-,16-,17+/m0/s1. The largest absolute Gasteiger partial charge is 0.512 e. The molecule has 3 N–H and O–H groups in total. The first-order valence-electron chi connectivity index (χ1n) is 8.92. The molecule has 1 aliphatic carbocycles. The number of carbonyl (C=O) groups is 2. The summed E-state index contributed by atoms with van der Waals surface area (Å²) in [7, 11) is 0. The summed E-state index contributed by atoms with van der Waals surface area (Å²) in [4.78, 5) is 30.8. The van der Waals surface area contributed by atoms with Crippen molar-refractivity contribution in [2.24, 2.45) is 5.92 Å². The van der Waals surface area contributed by atoms with Crippen molar-refractivity contribution < 1.29 is 19.8 Å². The van der Waals surface area contributed by atoms with Crippen LogP contribution in [-0.4, -0.2) is 43.4 Å². The Balaban J connectivity index is 1.81. The molecule has 2 aliphatic heterocycles. The monoisotopic (exact) mass is 386 g/mol. The minimum Gasteiger partial charge on any atom is -0.512 e. The Kier molecular flexibility index (Phi) is 3.08. The second-order valence-electron chi connectivity index (χ2n) is 8.26. The number of nitrogens with zero attached hydrogens (tertiary/aromatic N) is 1. The van der Waals surface area contributed by atoms with E-state index in [1.165, 1.54) is 6.92 Å². The molecule has 1 aromatic heterocycles. The van der Waals surface area contributed by atoms with E-state index in [4.69, 9.17) is 11.6 Å². The van der Waals surface area contributed by atoms with Gasteiger partial charge >= 0.3 is 0 Å². The molecule has 1 amide bonds. The van der Waals surface area contributed by atoms with Gasteiger partial charge in [0.05, 0.1) is 6.10 Å². The quantitative estimate of drug-likeness (QED) is 0.368. The minimum absolute atomic E-state index is 0.144. The first kappa shape index (κ1) is 16.8. The fourth-order valence-corrected chi connectivity index (χ4v) is 5.84. The molecular weight excluding hydrogens is 368 g/mol. The smallest absolute Gasteiger partial charge is 0.262 e. The van der Waals surface area contributed by atoms with Crippen LogP contribution in [0.4, 0.5) is 0 Å². The third-order valence-electron chi connectivity index (χ3n) is 6.57. The van der Waals surface area contributed by atoms with Crippen LogP contribution in [-0.2, 0) is 9.59 Å². The lowest BCUT2D eigenvalue weighted by Crippen LogP contribution is -2.47. The maximum absolute atomic E-state index is 13.1. The lowest BCUT2D eigenvalue weighted by molar-refractivity contribution is -0.131. The van der Waals surface area contributed by atoms with Crippen molar-refractivity contribution in [2.75, 3.05) is 0 Å². The van der Waals surface area contributed by atoms with Crippen LogP contribution in [0.5, 0.6) is 0 Å². The molecule has 1 aromatic carbocycles. The van der Waals surface area contributed by atoms with E-state index in [2.05, 4.69) is 4.98 Å². The number of benzene rings is 1. The maximum atomic E-state index is 13.1. The summed E-state index contributed by atoms with van der Waals surface area (Å²) < 4.78 is 0. The third-order valence-corrected chi connectivity index (χ3v) is 6.79. The number of Topliss-reactive ketones (excluding diaryl/α,β-unsaturated/α-hetero) is 1. The van der Waals surface area contributed by atoms with E-state index < -0.39 is 23.6 Å². The summed E-state index contributed by atoms with van der Waals surface area (Å²) in [6.45, 7) is 5.10. The first-order chi connectivity index (χ1) is 12.7. The summed E-state index contributed by atoms with van der Waals surface area (Å²) in [5.41, 5.74) is 1.51. The van der Waals surface area contributed by atoms with Crippen LogP contribution in [0, 0.1) is 5.92 Å². The fraction of sp³-hybridized carbons (Fsp3) is 0.400. The van der Waals surface area contributed by atoms with Gasteiger partial charge in [0.15, 0.2) is 5.78 Å². The second-order valence-corrected chi connectivity index (χ2v) is 8.69. The molecule has 3 aliphatic rings. The zero-order valence-electron chi connectivity index (χ0n) is 15.1. The van der Waals surface area contributed by atoms with Crippen molar-refractivity contribution >= 4 is 34.2 Å². The predicted molar refractivity (Wildman–Crippen MR) is 99.5 cm³/mol. The molecule has 6 nitrogen and oxygen atoms in total. The molecule has 0 bridgehead atoms. The molecule has 3 heterocycles.